The van der Waals surface area contributed by atoms with Crippen LogP contribution in [-0.4, -0.2) is 25.7 Å². The van der Waals surface area contributed by atoms with Gasteiger partial charge in [-0.3, -0.25) is 0 Å². The predicted octanol–water partition coefficient (Wildman–Crippen LogP) is 2.20. The number of hydrogen-bond acceptors (Lipinski definition) is 3. The third kappa shape index (κ3) is 2.88. The van der Waals surface area contributed by atoms with Crippen LogP contribution in [0, 0.1) is 11.8 Å². The molecule has 2 rings (SSSR count). The second-order valence-electron chi connectivity index (χ2n) is 5.18. The Morgan fingerprint density at radius 3 is 2.72 bits per heavy atom. The average molecular weight is 243 g/mol. The Labute approximate surface area is 106 Å². The highest BCUT2D eigenvalue weighted by molar-refractivity contribution is 5.72. The van der Waals surface area contributed by atoms with E-state index >= 15 is 0 Å². The maximum absolute atomic E-state index is 9.54. The van der Waals surface area contributed by atoms with Crippen molar-refractivity contribution < 1.29 is 5.11 Å². The molecule has 0 aromatic carbocycles. The van der Waals surface area contributed by atoms with E-state index in [4.69, 9.17) is 0 Å². The molecule has 18 heavy (non-hydrogen) atoms. The van der Waals surface area contributed by atoms with Gasteiger partial charge in [0.05, 0.1) is 6.20 Å². The number of aromatic nitrogens is 3. The Morgan fingerprint density at radius 1 is 1.39 bits per heavy atom. The van der Waals surface area contributed by atoms with Gasteiger partial charge in [0.2, 0.25) is 0 Å². The van der Waals surface area contributed by atoms with Crippen molar-refractivity contribution >= 4 is 11.2 Å². The minimum Gasteiger partial charge on any atom is -0.378 e. The van der Waals surface area contributed by atoms with Crippen molar-refractivity contribution in [1.29, 1.82) is 0 Å². The first-order valence-electron chi connectivity index (χ1n) is 5.96. The molecular formula is C14H17N3O. The van der Waals surface area contributed by atoms with Crippen LogP contribution >= 0.6 is 0 Å². The van der Waals surface area contributed by atoms with Gasteiger partial charge in [0.25, 0.3) is 0 Å². The number of fused-ring (bicyclic) bond motifs is 1. The third-order valence-electron chi connectivity index (χ3n) is 2.47. The second kappa shape index (κ2) is 4.43. The quantitative estimate of drug-likeness (QED) is 0.755. The van der Waals surface area contributed by atoms with Crippen LogP contribution in [0.15, 0.2) is 12.3 Å². The summed E-state index contributed by atoms with van der Waals surface area (Å²) in [5.41, 5.74) is 2.23. The Hall–Kier alpha value is -1.86. The Bertz CT molecular complexity index is 624. The number of nitrogens with one attached hydrogen (secondary N) is 1. The lowest BCUT2D eigenvalue weighted by molar-refractivity contribution is 0.143. The molecule has 0 radical (unpaired) electrons. The lowest BCUT2D eigenvalue weighted by Gasteiger charge is -2.05. The zero-order valence-corrected chi connectivity index (χ0v) is 11.1. The van der Waals surface area contributed by atoms with Gasteiger partial charge in [0.1, 0.15) is 16.8 Å². The van der Waals surface area contributed by atoms with Gasteiger partial charge < -0.3 is 10.1 Å². The molecule has 4 nitrogen and oxygen atoms in total. The zero-order valence-electron chi connectivity index (χ0n) is 11.1. The summed E-state index contributed by atoms with van der Waals surface area (Å²) in [6, 6.07) is 2.00. The van der Waals surface area contributed by atoms with E-state index in [1.807, 2.05) is 6.07 Å². The van der Waals surface area contributed by atoms with E-state index in [9.17, 15) is 5.11 Å². The lowest BCUT2D eigenvalue weighted by Crippen LogP contribution is -2.14. The first kappa shape index (κ1) is 12.6. The minimum atomic E-state index is -1.02. The molecule has 0 aliphatic heterocycles. The van der Waals surface area contributed by atoms with Gasteiger partial charge in [-0.1, -0.05) is 19.8 Å². The molecular weight excluding hydrogens is 226 g/mol. The largest absolute Gasteiger partial charge is 0.378 e. The summed E-state index contributed by atoms with van der Waals surface area (Å²) in [6.45, 7) is 7.49. The molecule has 0 unspecified atom stereocenters. The van der Waals surface area contributed by atoms with Gasteiger partial charge >= 0.3 is 0 Å². The summed E-state index contributed by atoms with van der Waals surface area (Å²) < 4.78 is 0. The molecule has 0 aliphatic rings. The standard InChI is InChI=1S/C14H17N3O/c1-9(2)11-7-12-13(17-11)16-10(8-15-12)5-6-14(3,4)18/h7-9,18H,1-4H3,(H,16,17). The van der Waals surface area contributed by atoms with Crippen molar-refractivity contribution in [3.63, 3.8) is 0 Å². The molecule has 94 valence electrons. The molecule has 4 heteroatoms. The maximum Gasteiger partial charge on any atom is 0.157 e. The van der Waals surface area contributed by atoms with Gasteiger partial charge in [-0.15, -0.1) is 0 Å². The maximum atomic E-state index is 9.54. The molecule has 2 N–H and O–H groups in total. The van der Waals surface area contributed by atoms with Crippen molar-refractivity contribution in [1.82, 2.24) is 15.0 Å². The van der Waals surface area contributed by atoms with Gasteiger partial charge in [-0.25, -0.2) is 9.97 Å². The minimum absolute atomic E-state index is 0.409. The smallest absolute Gasteiger partial charge is 0.157 e. The van der Waals surface area contributed by atoms with Crippen LogP contribution in [0.2, 0.25) is 0 Å². The Kier molecular flexibility index (Phi) is 3.10. The fourth-order valence-electron chi connectivity index (χ4n) is 1.50. The van der Waals surface area contributed by atoms with Gasteiger partial charge in [-0.2, -0.15) is 0 Å². The molecule has 0 atom stereocenters. The summed E-state index contributed by atoms with van der Waals surface area (Å²) in [6.07, 6.45) is 1.62. The van der Waals surface area contributed by atoms with Crippen molar-refractivity contribution in [3.05, 3.63) is 23.7 Å². The fraction of sp³-hybridized carbons (Fsp3) is 0.429. The van der Waals surface area contributed by atoms with Crippen LogP contribution in [0.25, 0.3) is 11.2 Å². The van der Waals surface area contributed by atoms with Gasteiger partial charge in [0, 0.05) is 5.69 Å². The molecule has 0 aliphatic carbocycles. The van der Waals surface area contributed by atoms with Gasteiger partial charge in [0.15, 0.2) is 5.65 Å². The van der Waals surface area contributed by atoms with E-state index in [-0.39, 0.29) is 0 Å². The number of aromatic amines is 1. The molecule has 0 fully saturated rings. The summed E-state index contributed by atoms with van der Waals surface area (Å²) in [5.74, 6) is 5.95. The van der Waals surface area contributed by atoms with Crippen LogP contribution < -0.4 is 0 Å². The normalized spacial score (nSPS) is 11.7. The van der Waals surface area contributed by atoms with Crippen molar-refractivity contribution in [2.75, 3.05) is 0 Å². The van der Waals surface area contributed by atoms with Crippen LogP contribution in [0.5, 0.6) is 0 Å². The highest BCUT2D eigenvalue weighted by Crippen LogP contribution is 2.17. The van der Waals surface area contributed by atoms with Crippen molar-refractivity contribution in [2.24, 2.45) is 0 Å². The number of rotatable bonds is 1. The number of hydrogen-bond donors (Lipinski definition) is 2. The molecule has 0 amide bonds. The van der Waals surface area contributed by atoms with E-state index in [2.05, 4.69) is 40.6 Å². The van der Waals surface area contributed by atoms with E-state index in [1.165, 1.54) is 0 Å². The van der Waals surface area contributed by atoms with Crippen molar-refractivity contribution in [2.45, 2.75) is 39.2 Å². The first-order chi connectivity index (χ1) is 8.35. The second-order valence-corrected chi connectivity index (χ2v) is 5.18. The highest BCUT2D eigenvalue weighted by atomic mass is 16.3. The molecule has 0 saturated heterocycles. The summed E-state index contributed by atoms with van der Waals surface area (Å²) in [5, 5.41) is 9.54. The monoisotopic (exact) mass is 243 g/mol. The van der Waals surface area contributed by atoms with E-state index in [1.54, 1.807) is 20.0 Å². The summed E-state index contributed by atoms with van der Waals surface area (Å²) in [4.78, 5) is 11.9. The van der Waals surface area contributed by atoms with E-state index in [0.29, 0.717) is 11.6 Å². The summed E-state index contributed by atoms with van der Waals surface area (Å²) >= 11 is 0. The van der Waals surface area contributed by atoms with Crippen LogP contribution in [0.3, 0.4) is 0 Å². The van der Waals surface area contributed by atoms with E-state index < -0.39 is 5.60 Å². The Balaban J connectivity index is 2.40. The molecule has 2 aromatic heterocycles. The average Bonchev–Trinajstić information content (AvgIpc) is 2.68. The Morgan fingerprint density at radius 2 is 2.11 bits per heavy atom. The molecule has 0 saturated carbocycles. The highest BCUT2D eigenvalue weighted by Gasteiger charge is 2.08. The topological polar surface area (TPSA) is 61.8 Å². The van der Waals surface area contributed by atoms with Gasteiger partial charge in [-0.05, 0) is 31.8 Å². The number of H-pyrrole nitrogens is 1. The van der Waals surface area contributed by atoms with Crippen LogP contribution in [-0.2, 0) is 0 Å². The van der Waals surface area contributed by atoms with Crippen molar-refractivity contribution in [3.8, 4) is 11.8 Å². The number of nitrogens with zero attached hydrogens (tertiary/aromatic N) is 2. The molecule has 2 aromatic rings. The van der Waals surface area contributed by atoms with E-state index in [0.717, 1.165) is 16.9 Å². The first-order valence-corrected chi connectivity index (χ1v) is 5.96. The van der Waals surface area contributed by atoms with Crippen LogP contribution in [0.1, 0.15) is 45.0 Å². The molecule has 0 bridgehead atoms. The molecule has 0 spiro atoms. The third-order valence-corrected chi connectivity index (χ3v) is 2.47. The number of aliphatic hydroxyl groups is 1. The molecule has 2 heterocycles. The fourth-order valence-corrected chi connectivity index (χ4v) is 1.50. The SMILES string of the molecule is CC(C)c1cc2ncc(C#CC(C)(C)O)nc2[nH]1. The lowest BCUT2D eigenvalue weighted by atomic mass is 10.1. The summed E-state index contributed by atoms with van der Waals surface area (Å²) in [7, 11) is 0. The zero-order chi connectivity index (χ0) is 13.3. The predicted molar refractivity (Wildman–Crippen MR) is 71.2 cm³/mol. The van der Waals surface area contributed by atoms with Crippen LogP contribution in [0.4, 0.5) is 0 Å².